The number of pyridine rings is 1. The number of aliphatic hydroxyl groups is 3. The number of nitrogens with zero attached hydrogens (tertiary/aromatic N) is 2. The zero-order valence-corrected chi connectivity index (χ0v) is 11.1. The van der Waals surface area contributed by atoms with Crippen molar-refractivity contribution in [3.8, 4) is 0 Å². The Labute approximate surface area is 119 Å². The summed E-state index contributed by atoms with van der Waals surface area (Å²) in [7, 11) is 0. The van der Waals surface area contributed by atoms with Crippen LogP contribution in [-0.4, -0.2) is 56.0 Å². The average Bonchev–Trinajstić information content (AvgIpc) is 2.53. The molecule has 0 radical (unpaired) electrons. The van der Waals surface area contributed by atoms with Gasteiger partial charge in [0.15, 0.2) is 0 Å². The summed E-state index contributed by atoms with van der Waals surface area (Å²) < 4.78 is 1.20. The SMILES string of the molecule is O=C(NC(CO)(CO)CO)c1cnc2ccccn2c1=O. The molecule has 2 aromatic rings. The van der Waals surface area contributed by atoms with Crippen molar-refractivity contribution >= 4 is 11.6 Å². The van der Waals surface area contributed by atoms with Crippen molar-refractivity contribution in [3.05, 3.63) is 46.5 Å². The highest BCUT2D eigenvalue weighted by atomic mass is 16.3. The second-order valence-corrected chi connectivity index (χ2v) is 4.61. The van der Waals surface area contributed by atoms with Crippen LogP contribution in [0.4, 0.5) is 0 Å². The van der Waals surface area contributed by atoms with Gasteiger partial charge in [-0.1, -0.05) is 6.07 Å². The van der Waals surface area contributed by atoms with Crippen LogP contribution in [0.15, 0.2) is 35.4 Å². The lowest BCUT2D eigenvalue weighted by molar-refractivity contribution is 0.0374. The predicted molar refractivity (Wildman–Crippen MR) is 72.9 cm³/mol. The Kier molecular flexibility index (Phi) is 4.32. The van der Waals surface area contributed by atoms with Crippen molar-refractivity contribution in [2.24, 2.45) is 0 Å². The van der Waals surface area contributed by atoms with Gasteiger partial charge in [-0.2, -0.15) is 0 Å². The minimum Gasteiger partial charge on any atom is -0.394 e. The number of rotatable bonds is 5. The van der Waals surface area contributed by atoms with Gasteiger partial charge >= 0.3 is 0 Å². The quantitative estimate of drug-likeness (QED) is 0.512. The van der Waals surface area contributed by atoms with Crippen LogP contribution < -0.4 is 10.9 Å². The van der Waals surface area contributed by atoms with E-state index in [2.05, 4.69) is 10.3 Å². The number of carbonyl (C=O) groups excluding carboxylic acids is 1. The topological polar surface area (TPSA) is 124 Å². The number of hydrogen-bond acceptors (Lipinski definition) is 6. The van der Waals surface area contributed by atoms with Gasteiger partial charge in [0.1, 0.15) is 16.7 Å². The molecule has 21 heavy (non-hydrogen) atoms. The largest absolute Gasteiger partial charge is 0.394 e. The smallest absolute Gasteiger partial charge is 0.270 e. The normalized spacial score (nSPS) is 11.6. The van der Waals surface area contributed by atoms with E-state index < -0.39 is 36.8 Å². The molecule has 0 fully saturated rings. The molecule has 0 aromatic carbocycles. The lowest BCUT2D eigenvalue weighted by atomic mass is 10.0. The fourth-order valence-electron chi connectivity index (χ4n) is 1.76. The Morgan fingerprint density at radius 2 is 1.90 bits per heavy atom. The highest BCUT2D eigenvalue weighted by molar-refractivity contribution is 5.94. The number of aliphatic hydroxyl groups excluding tert-OH is 3. The van der Waals surface area contributed by atoms with Gasteiger partial charge in [0.05, 0.1) is 19.8 Å². The number of fused-ring (bicyclic) bond motifs is 1. The second-order valence-electron chi connectivity index (χ2n) is 4.61. The number of nitrogens with one attached hydrogen (secondary N) is 1. The number of hydrogen-bond donors (Lipinski definition) is 4. The molecule has 112 valence electrons. The molecular formula is C13H15N3O5. The molecular weight excluding hydrogens is 278 g/mol. The first-order valence-electron chi connectivity index (χ1n) is 6.18. The molecule has 8 nitrogen and oxygen atoms in total. The van der Waals surface area contributed by atoms with E-state index in [9.17, 15) is 24.9 Å². The van der Waals surface area contributed by atoms with E-state index >= 15 is 0 Å². The third-order valence-electron chi connectivity index (χ3n) is 3.14. The van der Waals surface area contributed by atoms with E-state index in [1.54, 1.807) is 18.2 Å². The van der Waals surface area contributed by atoms with Gasteiger partial charge in [0.25, 0.3) is 11.5 Å². The average molecular weight is 293 g/mol. The Morgan fingerprint density at radius 3 is 2.52 bits per heavy atom. The van der Waals surface area contributed by atoms with Crippen LogP contribution in [0, 0.1) is 0 Å². The van der Waals surface area contributed by atoms with Crippen LogP contribution in [-0.2, 0) is 0 Å². The lowest BCUT2D eigenvalue weighted by Gasteiger charge is -2.28. The van der Waals surface area contributed by atoms with Crippen molar-refractivity contribution in [1.29, 1.82) is 0 Å². The number of amides is 1. The van der Waals surface area contributed by atoms with Crippen molar-refractivity contribution in [2.75, 3.05) is 19.8 Å². The Bertz CT molecular complexity index is 700. The highest BCUT2D eigenvalue weighted by Crippen LogP contribution is 2.04. The molecule has 1 amide bonds. The van der Waals surface area contributed by atoms with E-state index in [0.717, 1.165) is 6.20 Å². The molecule has 2 heterocycles. The molecule has 0 saturated carbocycles. The van der Waals surface area contributed by atoms with Gasteiger partial charge in [-0.15, -0.1) is 0 Å². The molecule has 0 atom stereocenters. The van der Waals surface area contributed by atoms with Crippen LogP contribution in [0.1, 0.15) is 10.4 Å². The molecule has 0 saturated heterocycles. The van der Waals surface area contributed by atoms with Crippen LogP contribution >= 0.6 is 0 Å². The molecule has 8 heteroatoms. The van der Waals surface area contributed by atoms with Gasteiger partial charge in [0.2, 0.25) is 0 Å². The van der Waals surface area contributed by atoms with Crippen molar-refractivity contribution < 1.29 is 20.1 Å². The molecule has 2 aromatic heterocycles. The Balaban J connectivity index is 2.40. The zero-order chi connectivity index (χ0) is 15.5. The number of aromatic nitrogens is 2. The first-order chi connectivity index (χ1) is 10.1. The summed E-state index contributed by atoms with van der Waals surface area (Å²) in [5, 5.41) is 29.8. The van der Waals surface area contributed by atoms with Crippen molar-refractivity contribution in [2.45, 2.75) is 5.54 Å². The first kappa shape index (κ1) is 15.1. The summed E-state index contributed by atoms with van der Waals surface area (Å²) in [5.74, 6) is -0.831. The third-order valence-corrected chi connectivity index (χ3v) is 3.14. The molecule has 4 N–H and O–H groups in total. The van der Waals surface area contributed by atoms with Gasteiger partial charge in [-0.3, -0.25) is 14.0 Å². The standard InChI is InChI=1S/C13H15N3O5/c17-6-13(7-18,8-19)15-11(20)9-5-14-10-3-1-2-4-16(10)12(9)21/h1-5,17-19H,6-8H2,(H,15,20). The third kappa shape index (κ3) is 2.77. The van der Waals surface area contributed by atoms with Crippen LogP contribution in [0.2, 0.25) is 0 Å². The van der Waals surface area contributed by atoms with Crippen LogP contribution in [0.3, 0.4) is 0 Å². The summed E-state index contributed by atoms with van der Waals surface area (Å²) in [5.41, 5.74) is -2.05. The highest BCUT2D eigenvalue weighted by Gasteiger charge is 2.31. The molecule has 0 bridgehead atoms. The van der Waals surface area contributed by atoms with Crippen molar-refractivity contribution in [3.63, 3.8) is 0 Å². The van der Waals surface area contributed by atoms with Gasteiger partial charge < -0.3 is 20.6 Å². The van der Waals surface area contributed by atoms with Crippen LogP contribution in [0.5, 0.6) is 0 Å². The summed E-state index contributed by atoms with van der Waals surface area (Å²) >= 11 is 0. The predicted octanol–water partition coefficient (Wildman–Crippen LogP) is -1.86. The monoisotopic (exact) mass is 293 g/mol. The fourth-order valence-corrected chi connectivity index (χ4v) is 1.76. The summed E-state index contributed by atoms with van der Waals surface area (Å²) in [6.45, 7) is -2.02. The Hall–Kier alpha value is -2.29. The fraction of sp³-hybridized carbons (Fsp3) is 0.308. The van der Waals surface area contributed by atoms with Crippen molar-refractivity contribution in [1.82, 2.24) is 14.7 Å². The summed E-state index contributed by atoms with van der Waals surface area (Å²) in [6, 6.07) is 4.94. The first-order valence-corrected chi connectivity index (χ1v) is 6.18. The summed E-state index contributed by atoms with van der Waals surface area (Å²) in [4.78, 5) is 28.3. The number of carbonyl (C=O) groups is 1. The van der Waals surface area contributed by atoms with E-state index in [1.165, 1.54) is 10.6 Å². The maximum Gasteiger partial charge on any atom is 0.270 e. The lowest BCUT2D eigenvalue weighted by Crippen LogP contribution is -2.57. The van der Waals surface area contributed by atoms with E-state index in [-0.39, 0.29) is 5.56 Å². The van der Waals surface area contributed by atoms with Gasteiger partial charge in [-0.05, 0) is 12.1 Å². The zero-order valence-electron chi connectivity index (χ0n) is 11.1. The molecule has 0 unspecified atom stereocenters. The van der Waals surface area contributed by atoms with Crippen LogP contribution in [0.25, 0.3) is 5.65 Å². The van der Waals surface area contributed by atoms with E-state index in [4.69, 9.17) is 0 Å². The molecule has 2 rings (SSSR count). The maximum atomic E-state index is 12.2. The molecule has 0 spiro atoms. The van der Waals surface area contributed by atoms with Gasteiger partial charge in [0, 0.05) is 12.4 Å². The Morgan fingerprint density at radius 1 is 1.24 bits per heavy atom. The maximum absolute atomic E-state index is 12.2. The summed E-state index contributed by atoms with van der Waals surface area (Å²) in [6.07, 6.45) is 2.59. The molecule has 0 aliphatic carbocycles. The van der Waals surface area contributed by atoms with E-state index in [0.29, 0.717) is 5.65 Å². The minimum atomic E-state index is -1.60. The minimum absolute atomic E-state index is 0.251. The van der Waals surface area contributed by atoms with Gasteiger partial charge in [-0.25, -0.2) is 4.98 Å². The second kappa shape index (κ2) is 6.00. The molecule has 0 aliphatic heterocycles. The van der Waals surface area contributed by atoms with E-state index in [1.807, 2.05) is 0 Å². The molecule has 0 aliphatic rings.